The maximum absolute atomic E-state index is 13.9. The molecular formula is C24H27FN4O3. The molecule has 3 amide bonds. The van der Waals surface area contributed by atoms with Gasteiger partial charge in [0.2, 0.25) is 0 Å². The summed E-state index contributed by atoms with van der Waals surface area (Å²) >= 11 is 0. The quantitative estimate of drug-likeness (QED) is 0.512. The van der Waals surface area contributed by atoms with E-state index in [9.17, 15) is 14.0 Å². The number of hydrogen-bond acceptors (Lipinski definition) is 3. The van der Waals surface area contributed by atoms with Gasteiger partial charge in [-0.15, -0.1) is 0 Å². The molecule has 0 spiro atoms. The molecule has 0 aliphatic heterocycles. The number of para-hydroxylation sites is 1. The van der Waals surface area contributed by atoms with E-state index in [2.05, 4.69) is 10.6 Å². The number of amides is 3. The summed E-state index contributed by atoms with van der Waals surface area (Å²) in [6.45, 7) is 3.31. The van der Waals surface area contributed by atoms with E-state index in [1.165, 1.54) is 12.1 Å². The van der Waals surface area contributed by atoms with Gasteiger partial charge in [0.15, 0.2) is 5.76 Å². The summed E-state index contributed by atoms with van der Waals surface area (Å²) in [4.78, 5) is 26.6. The number of aromatic nitrogens is 1. The molecule has 168 valence electrons. The Hall–Kier alpha value is -3.55. The van der Waals surface area contributed by atoms with Crippen LogP contribution in [0.3, 0.4) is 0 Å². The van der Waals surface area contributed by atoms with Gasteiger partial charge in [-0.2, -0.15) is 0 Å². The zero-order valence-electron chi connectivity index (χ0n) is 18.0. The first-order valence-electron chi connectivity index (χ1n) is 10.9. The van der Waals surface area contributed by atoms with Gasteiger partial charge in [0.1, 0.15) is 11.6 Å². The first-order valence-corrected chi connectivity index (χ1v) is 10.9. The minimum Gasteiger partial charge on any atom is -0.454 e. The Balaban J connectivity index is 1.42. The lowest BCUT2D eigenvalue weighted by Gasteiger charge is -2.23. The van der Waals surface area contributed by atoms with Crippen LogP contribution in [0.4, 0.5) is 14.9 Å². The Kier molecular flexibility index (Phi) is 6.58. The van der Waals surface area contributed by atoms with Gasteiger partial charge in [-0.25, -0.2) is 9.18 Å². The topological polar surface area (TPSA) is 79.5 Å². The van der Waals surface area contributed by atoms with Gasteiger partial charge >= 0.3 is 6.03 Å². The molecule has 1 aliphatic rings. The van der Waals surface area contributed by atoms with Crippen molar-refractivity contribution in [2.24, 2.45) is 0 Å². The number of benzene rings is 1. The fourth-order valence-electron chi connectivity index (χ4n) is 3.46. The minimum atomic E-state index is -0.472. The van der Waals surface area contributed by atoms with E-state index in [1.807, 2.05) is 29.8 Å². The standard InChI is InChI=1S/C24H27FN4O3/c1-2-13-29(24(31)27-21-8-4-3-7-20(21)25)15-18-6-5-14-28(18)16-19-11-12-22(32-19)23(30)26-17-9-10-17/h3-8,11-12,14,17H,2,9-10,13,15-16H2,1H3,(H,26,30)(H,27,31). The maximum Gasteiger partial charge on any atom is 0.322 e. The molecule has 4 rings (SSSR count). The number of urea groups is 1. The molecule has 0 saturated heterocycles. The Morgan fingerprint density at radius 2 is 1.97 bits per heavy atom. The Morgan fingerprint density at radius 1 is 1.16 bits per heavy atom. The van der Waals surface area contributed by atoms with E-state index in [0.29, 0.717) is 31.2 Å². The largest absolute Gasteiger partial charge is 0.454 e. The highest BCUT2D eigenvalue weighted by atomic mass is 19.1. The van der Waals surface area contributed by atoms with Crippen molar-refractivity contribution in [1.82, 2.24) is 14.8 Å². The van der Waals surface area contributed by atoms with Crippen molar-refractivity contribution in [3.8, 4) is 0 Å². The summed E-state index contributed by atoms with van der Waals surface area (Å²) in [5.74, 6) is 0.296. The number of halogens is 1. The average Bonchev–Trinajstić information content (AvgIpc) is 3.28. The average molecular weight is 439 g/mol. The molecule has 8 heteroatoms. The van der Waals surface area contributed by atoms with Crippen molar-refractivity contribution < 1.29 is 18.4 Å². The molecule has 0 unspecified atom stereocenters. The molecule has 0 radical (unpaired) electrons. The highest BCUT2D eigenvalue weighted by molar-refractivity contribution is 5.92. The van der Waals surface area contributed by atoms with E-state index >= 15 is 0 Å². The van der Waals surface area contributed by atoms with Crippen LogP contribution in [0.25, 0.3) is 0 Å². The number of nitrogens with zero attached hydrogens (tertiary/aromatic N) is 2. The van der Waals surface area contributed by atoms with Gasteiger partial charge in [0, 0.05) is 24.5 Å². The summed E-state index contributed by atoms with van der Waals surface area (Å²) in [7, 11) is 0. The van der Waals surface area contributed by atoms with Gasteiger partial charge in [-0.05, 0) is 55.7 Å². The number of anilines is 1. The van der Waals surface area contributed by atoms with Crippen molar-refractivity contribution in [1.29, 1.82) is 0 Å². The summed E-state index contributed by atoms with van der Waals surface area (Å²) in [6.07, 6.45) is 4.71. The van der Waals surface area contributed by atoms with Crippen LogP contribution in [0.2, 0.25) is 0 Å². The number of hydrogen-bond donors (Lipinski definition) is 2. The monoisotopic (exact) mass is 438 g/mol. The van der Waals surface area contributed by atoms with Crippen molar-refractivity contribution in [2.45, 2.75) is 45.3 Å². The van der Waals surface area contributed by atoms with E-state index in [-0.39, 0.29) is 23.7 Å². The van der Waals surface area contributed by atoms with Crippen molar-refractivity contribution >= 4 is 17.6 Å². The Morgan fingerprint density at radius 3 is 2.72 bits per heavy atom. The lowest BCUT2D eigenvalue weighted by atomic mass is 10.3. The summed E-state index contributed by atoms with van der Waals surface area (Å²) in [5, 5.41) is 5.57. The molecular weight excluding hydrogens is 411 g/mol. The SMILES string of the molecule is CCCN(Cc1cccn1Cc1ccc(C(=O)NC2CC2)o1)C(=O)Nc1ccccc1F. The third kappa shape index (κ3) is 5.38. The highest BCUT2D eigenvalue weighted by Gasteiger charge is 2.25. The molecule has 7 nitrogen and oxygen atoms in total. The van der Waals surface area contributed by atoms with Crippen LogP contribution in [0.15, 0.2) is 59.1 Å². The molecule has 2 aromatic heterocycles. The first kappa shape index (κ1) is 21.7. The fraction of sp³-hybridized carbons (Fsp3) is 0.333. The second-order valence-corrected chi connectivity index (χ2v) is 7.97. The molecule has 1 fully saturated rings. The van der Waals surface area contributed by atoms with E-state index < -0.39 is 5.82 Å². The lowest BCUT2D eigenvalue weighted by molar-refractivity contribution is 0.0921. The predicted molar refractivity (Wildman–Crippen MR) is 119 cm³/mol. The third-order valence-electron chi connectivity index (χ3n) is 5.30. The Labute approximate surface area is 186 Å². The summed E-state index contributed by atoms with van der Waals surface area (Å²) in [5.41, 5.74) is 1.06. The molecule has 3 aromatic rings. The zero-order valence-corrected chi connectivity index (χ0v) is 18.0. The molecule has 0 bridgehead atoms. The van der Waals surface area contributed by atoms with E-state index in [4.69, 9.17) is 4.42 Å². The highest BCUT2D eigenvalue weighted by Crippen LogP contribution is 2.20. The first-order chi connectivity index (χ1) is 15.5. The summed E-state index contributed by atoms with van der Waals surface area (Å²) in [6, 6.07) is 13.3. The van der Waals surface area contributed by atoms with E-state index in [0.717, 1.165) is 25.0 Å². The van der Waals surface area contributed by atoms with Crippen LogP contribution in [0.1, 0.15) is 48.2 Å². The van der Waals surface area contributed by atoms with Gasteiger partial charge in [-0.3, -0.25) is 4.79 Å². The minimum absolute atomic E-state index is 0.154. The smallest absolute Gasteiger partial charge is 0.322 e. The third-order valence-corrected chi connectivity index (χ3v) is 5.30. The second-order valence-electron chi connectivity index (χ2n) is 7.97. The molecule has 0 atom stereocenters. The van der Waals surface area contributed by atoms with Crippen LogP contribution in [-0.2, 0) is 13.1 Å². The van der Waals surface area contributed by atoms with Crippen LogP contribution in [0.5, 0.6) is 0 Å². The lowest BCUT2D eigenvalue weighted by Crippen LogP contribution is -2.36. The molecule has 32 heavy (non-hydrogen) atoms. The van der Waals surface area contributed by atoms with Crippen molar-refractivity contribution in [2.75, 3.05) is 11.9 Å². The zero-order chi connectivity index (χ0) is 22.5. The van der Waals surface area contributed by atoms with Crippen LogP contribution >= 0.6 is 0 Å². The molecule has 1 saturated carbocycles. The van der Waals surface area contributed by atoms with Gasteiger partial charge in [0.25, 0.3) is 5.91 Å². The number of carbonyl (C=O) groups is 2. The number of furan rings is 1. The number of carbonyl (C=O) groups excluding carboxylic acids is 2. The van der Waals surface area contributed by atoms with Crippen molar-refractivity contribution in [3.05, 3.63) is 77.8 Å². The van der Waals surface area contributed by atoms with Crippen LogP contribution < -0.4 is 10.6 Å². The Bertz CT molecular complexity index is 1090. The number of rotatable bonds is 9. The fourth-order valence-corrected chi connectivity index (χ4v) is 3.46. The summed E-state index contributed by atoms with van der Waals surface area (Å²) < 4.78 is 21.6. The molecule has 2 heterocycles. The molecule has 2 N–H and O–H groups in total. The molecule has 1 aromatic carbocycles. The maximum atomic E-state index is 13.9. The molecule has 1 aliphatic carbocycles. The number of nitrogens with one attached hydrogen (secondary N) is 2. The van der Waals surface area contributed by atoms with Crippen LogP contribution in [-0.4, -0.2) is 34.0 Å². The normalized spacial score (nSPS) is 13.1. The second kappa shape index (κ2) is 9.72. The van der Waals surface area contributed by atoms with E-state index in [1.54, 1.807) is 29.2 Å². The van der Waals surface area contributed by atoms with Gasteiger partial charge in [-0.1, -0.05) is 19.1 Å². The van der Waals surface area contributed by atoms with Crippen LogP contribution in [0, 0.1) is 5.82 Å². The van der Waals surface area contributed by atoms with Crippen molar-refractivity contribution in [3.63, 3.8) is 0 Å². The predicted octanol–water partition coefficient (Wildman–Crippen LogP) is 4.60. The van der Waals surface area contributed by atoms with Gasteiger partial charge < -0.3 is 24.5 Å². The van der Waals surface area contributed by atoms with Gasteiger partial charge in [0.05, 0.1) is 18.8 Å².